The number of anilines is 1. The molecule has 4 rings (SSSR count). The molecule has 4 heterocycles. The zero-order valence-electron chi connectivity index (χ0n) is 15.7. The minimum atomic E-state index is 0.00496. The highest BCUT2D eigenvalue weighted by Gasteiger charge is 2.38. The first-order valence-electron chi connectivity index (χ1n) is 9.37. The Morgan fingerprint density at radius 1 is 1.32 bits per heavy atom. The zero-order chi connectivity index (χ0) is 19.6. The van der Waals surface area contributed by atoms with Crippen LogP contribution < -0.4 is 4.90 Å². The van der Waals surface area contributed by atoms with E-state index in [0.717, 1.165) is 67.0 Å². The van der Waals surface area contributed by atoms with Crippen LogP contribution in [0.3, 0.4) is 0 Å². The van der Waals surface area contributed by atoms with E-state index in [4.69, 9.17) is 26.3 Å². The van der Waals surface area contributed by atoms with Crippen LogP contribution in [-0.2, 0) is 11.3 Å². The van der Waals surface area contributed by atoms with Crippen LogP contribution >= 0.6 is 23.4 Å². The van der Waals surface area contributed by atoms with E-state index < -0.39 is 0 Å². The summed E-state index contributed by atoms with van der Waals surface area (Å²) in [6.45, 7) is 5.45. The number of rotatable bonds is 5. The highest BCUT2D eigenvalue weighted by atomic mass is 35.5. The molecule has 0 aromatic carbocycles. The van der Waals surface area contributed by atoms with E-state index in [1.54, 1.807) is 12.4 Å². The Balaban J connectivity index is 1.58. The van der Waals surface area contributed by atoms with Crippen molar-refractivity contribution in [1.82, 2.24) is 15.0 Å². The molecule has 2 aromatic heterocycles. The first-order chi connectivity index (χ1) is 13.6. The second kappa shape index (κ2) is 8.31. The van der Waals surface area contributed by atoms with E-state index >= 15 is 0 Å². The van der Waals surface area contributed by atoms with Crippen molar-refractivity contribution in [3.8, 4) is 0 Å². The predicted molar refractivity (Wildman–Crippen MR) is 109 cm³/mol. The van der Waals surface area contributed by atoms with Gasteiger partial charge in [0, 0.05) is 37.0 Å². The van der Waals surface area contributed by atoms with Crippen molar-refractivity contribution < 1.29 is 4.74 Å². The maximum atomic E-state index is 11.0. The van der Waals surface area contributed by atoms with Gasteiger partial charge in [-0.05, 0) is 37.7 Å². The van der Waals surface area contributed by atoms with Gasteiger partial charge in [0.15, 0.2) is 5.82 Å². The molecule has 0 bridgehead atoms. The van der Waals surface area contributed by atoms with E-state index in [0.29, 0.717) is 16.1 Å². The van der Waals surface area contributed by atoms with Crippen LogP contribution in [0.2, 0.25) is 5.02 Å². The summed E-state index contributed by atoms with van der Waals surface area (Å²) < 4.78 is 5.62. The Hall–Kier alpha value is -1.77. The second-order valence-corrected chi connectivity index (χ2v) is 8.81. The van der Waals surface area contributed by atoms with Crippen LogP contribution in [0.4, 0.5) is 5.82 Å². The third-order valence-electron chi connectivity index (χ3n) is 5.54. The number of piperidine rings is 1. The summed E-state index contributed by atoms with van der Waals surface area (Å²) in [6.07, 6.45) is 6.58. The standard InChI is InChI=1S/C19H22ClN5O2S/c1-13-18(28-16-2-6-21-10-14(16)20)24-15(11-22-26)17(23-13)25-7-3-19(4-8-25)5-9-27-12-19/h2,6,10H,3-5,7-9,11-12H2,1H3. The molecule has 0 radical (unpaired) electrons. The van der Waals surface area contributed by atoms with Crippen molar-refractivity contribution in [1.29, 1.82) is 0 Å². The largest absolute Gasteiger partial charge is 0.381 e. The van der Waals surface area contributed by atoms with Crippen LogP contribution in [0.25, 0.3) is 0 Å². The maximum absolute atomic E-state index is 11.0. The number of hydrogen-bond donors (Lipinski definition) is 0. The summed E-state index contributed by atoms with van der Waals surface area (Å²) in [5, 5.41) is 4.38. The number of nitrogens with zero attached hydrogens (tertiary/aromatic N) is 5. The molecule has 2 aromatic rings. The number of nitroso groups, excluding NO2 is 1. The van der Waals surface area contributed by atoms with E-state index in [1.165, 1.54) is 11.8 Å². The third kappa shape index (κ3) is 3.99. The molecule has 0 atom stereocenters. The van der Waals surface area contributed by atoms with Gasteiger partial charge < -0.3 is 9.64 Å². The Kier molecular flexibility index (Phi) is 5.80. The van der Waals surface area contributed by atoms with Crippen LogP contribution in [-0.4, -0.2) is 41.3 Å². The molecule has 0 N–H and O–H groups in total. The number of aryl methyl sites for hydroxylation is 1. The van der Waals surface area contributed by atoms with E-state index in [2.05, 4.69) is 15.1 Å². The number of aromatic nitrogens is 3. The zero-order valence-corrected chi connectivity index (χ0v) is 17.3. The van der Waals surface area contributed by atoms with Gasteiger partial charge in [-0.15, -0.1) is 0 Å². The molecule has 2 aliphatic heterocycles. The van der Waals surface area contributed by atoms with Crippen LogP contribution in [0.5, 0.6) is 0 Å². The smallest absolute Gasteiger partial charge is 0.152 e. The van der Waals surface area contributed by atoms with Gasteiger partial charge in [-0.2, -0.15) is 4.91 Å². The summed E-state index contributed by atoms with van der Waals surface area (Å²) in [4.78, 5) is 27.7. The summed E-state index contributed by atoms with van der Waals surface area (Å²) >= 11 is 7.65. The van der Waals surface area contributed by atoms with Gasteiger partial charge in [0.05, 0.1) is 17.3 Å². The molecule has 1 spiro atoms. The van der Waals surface area contributed by atoms with E-state index in [-0.39, 0.29) is 6.54 Å². The molecular weight excluding hydrogens is 398 g/mol. The van der Waals surface area contributed by atoms with Crippen molar-refractivity contribution in [2.75, 3.05) is 31.2 Å². The number of ether oxygens (including phenoxy) is 1. The predicted octanol–water partition coefficient (Wildman–Crippen LogP) is 4.26. The lowest BCUT2D eigenvalue weighted by molar-refractivity contribution is 0.133. The quantitative estimate of drug-likeness (QED) is 0.669. The molecule has 148 valence electrons. The minimum Gasteiger partial charge on any atom is -0.381 e. The van der Waals surface area contributed by atoms with Crippen molar-refractivity contribution in [3.63, 3.8) is 0 Å². The topological polar surface area (TPSA) is 80.6 Å². The van der Waals surface area contributed by atoms with Crippen molar-refractivity contribution >= 4 is 29.2 Å². The van der Waals surface area contributed by atoms with Crippen molar-refractivity contribution in [2.45, 2.75) is 42.7 Å². The Labute approximate surface area is 173 Å². The first kappa shape index (κ1) is 19.5. The number of halogens is 1. The van der Waals surface area contributed by atoms with E-state index in [9.17, 15) is 4.91 Å². The summed E-state index contributed by atoms with van der Waals surface area (Å²) in [5.74, 6) is 0.774. The van der Waals surface area contributed by atoms with Crippen molar-refractivity contribution in [3.05, 3.63) is 39.8 Å². The number of pyridine rings is 1. The van der Waals surface area contributed by atoms with Crippen LogP contribution in [0, 0.1) is 17.2 Å². The lowest BCUT2D eigenvalue weighted by Crippen LogP contribution is -2.41. The van der Waals surface area contributed by atoms with Gasteiger partial charge in [0.1, 0.15) is 17.3 Å². The molecule has 0 amide bonds. The summed E-state index contributed by atoms with van der Waals surface area (Å²) in [7, 11) is 0. The van der Waals surface area contributed by atoms with Gasteiger partial charge in [-0.25, -0.2) is 9.97 Å². The lowest BCUT2D eigenvalue weighted by Gasteiger charge is -2.39. The fourth-order valence-corrected chi connectivity index (χ4v) is 4.90. The summed E-state index contributed by atoms with van der Waals surface area (Å²) in [5.41, 5.74) is 1.74. The fraction of sp³-hybridized carbons (Fsp3) is 0.526. The molecule has 9 heteroatoms. The van der Waals surface area contributed by atoms with Gasteiger partial charge in [-0.3, -0.25) is 4.98 Å². The Bertz CT molecular complexity index is 865. The van der Waals surface area contributed by atoms with E-state index in [1.807, 2.05) is 13.0 Å². The van der Waals surface area contributed by atoms with Crippen LogP contribution in [0.15, 0.2) is 33.6 Å². The average Bonchev–Trinajstić information content (AvgIpc) is 3.15. The van der Waals surface area contributed by atoms with Crippen molar-refractivity contribution in [2.24, 2.45) is 10.6 Å². The molecule has 2 fully saturated rings. The Morgan fingerprint density at radius 3 is 2.82 bits per heavy atom. The monoisotopic (exact) mass is 419 g/mol. The molecule has 2 saturated heterocycles. The maximum Gasteiger partial charge on any atom is 0.152 e. The SMILES string of the molecule is Cc1nc(N2CCC3(CCOC3)CC2)c(CN=O)nc1Sc1ccncc1Cl. The highest BCUT2D eigenvalue weighted by molar-refractivity contribution is 7.99. The molecule has 7 nitrogen and oxygen atoms in total. The molecule has 0 saturated carbocycles. The van der Waals surface area contributed by atoms with Gasteiger partial charge in [0.25, 0.3) is 0 Å². The summed E-state index contributed by atoms with van der Waals surface area (Å²) in [6, 6.07) is 1.84. The molecular formula is C19H22ClN5O2S. The fourth-order valence-electron chi connectivity index (χ4n) is 3.83. The van der Waals surface area contributed by atoms with Crippen LogP contribution in [0.1, 0.15) is 30.7 Å². The highest BCUT2D eigenvalue weighted by Crippen LogP contribution is 2.41. The second-order valence-electron chi connectivity index (χ2n) is 7.37. The molecule has 0 aliphatic carbocycles. The lowest BCUT2D eigenvalue weighted by atomic mass is 9.78. The van der Waals surface area contributed by atoms with Gasteiger partial charge >= 0.3 is 0 Å². The first-order valence-corrected chi connectivity index (χ1v) is 10.6. The molecule has 28 heavy (non-hydrogen) atoms. The average molecular weight is 420 g/mol. The number of hydrogen-bond acceptors (Lipinski definition) is 8. The third-order valence-corrected chi connectivity index (χ3v) is 7.11. The Morgan fingerprint density at radius 2 is 2.14 bits per heavy atom. The van der Waals surface area contributed by atoms with Gasteiger partial charge in [-0.1, -0.05) is 28.5 Å². The molecule has 0 unspecified atom stereocenters. The minimum absolute atomic E-state index is 0.00496. The molecule has 2 aliphatic rings. The normalized spacial score (nSPS) is 18.6. The van der Waals surface area contributed by atoms with Gasteiger partial charge in [0.2, 0.25) is 0 Å².